The Bertz CT molecular complexity index is 4010. The minimum absolute atomic E-state index is 0.265. The van der Waals surface area contributed by atoms with Gasteiger partial charge in [0.1, 0.15) is 5.82 Å². The van der Waals surface area contributed by atoms with Crippen LogP contribution in [0.25, 0.3) is 99.5 Å². The van der Waals surface area contributed by atoms with Crippen LogP contribution < -0.4 is 4.90 Å². The fraction of sp³-hybridized carbons (Fsp3) is 0. The maximum absolute atomic E-state index is 14.6. The quantitative estimate of drug-likeness (QED) is 0.141. The average Bonchev–Trinajstić information content (AvgIpc) is 3.96. The minimum atomic E-state index is -0.265. The standard InChI is InChI=1S/C66H44FN3/c67-50-33-39-54(40-34-50)70-65(49-21-9-3-10-22-49)64(48-19-7-2-8-20-48)61-44-59(56-25-13-14-27-58(56)66(61)70)47-31-37-53(38-32-47)68(52-35-29-46(30-36-52)45-17-5-1-6-18-45)55-41-42-63-60(43-55)57-26-15-16-28-62(57)69(63)51-23-11-4-12-24-51/h1-44H. The Morgan fingerprint density at radius 1 is 0.300 bits per heavy atom. The Hall–Kier alpha value is -9.25. The van der Waals surface area contributed by atoms with E-state index in [4.69, 9.17) is 0 Å². The van der Waals surface area contributed by atoms with Gasteiger partial charge in [0.05, 0.1) is 22.2 Å². The predicted molar refractivity (Wildman–Crippen MR) is 292 cm³/mol. The van der Waals surface area contributed by atoms with Crippen molar-refractivity contribution in [3.05, 3.63) is 273 Å². The molecule has 4 heteroatoms. The van der Waals surface area contributed by atoms with Crippen LogP contribution in [0.15, 0.2) is 267 Å². The van der Waals surface area contributed by atoms with Crippen molar-refractivity contribution < 1.29 is 4.39 Å². The number of hydrogen-bond acceptors (Lipinski definition) is 1. The molecule has 0 saturated heterocycles. The molecule has 0 radical (unpaired) electrons. The van der Waals surface area contributed by atoms with E-state index < -0.39 is 0 Å². The summed E-state index contributed by atoms with van der Waals surface area (Å²) in [4.78, 5) is 2.37. The van der Waals surface area contributed by atoms with E-state index in [0.29, 0.717) is 0 Å². The lowest BCUT2D eigenvalue weighted by Crippen LogP contribution is -2.10. The van der Waals surface area contributed by atoms with E-state index in [1.165, 1.54) is 27.4 Å². The van der Waals surface area contributed by atoms with E-state index in [1.54, 1.807) is 12.1 Å². The molecule has 0 amide bonds. The number of nitrogens with zero attached hydrogens (tertiary/aromatic N) is 3. The molecule has 330 valence electrons. The van der Waals surface area contributed by atoms with Crippen molar-refractivity contribution in [3.63, 3.8) is 0 Å². The maximum Gasteiger partial charge on any atom is 0.123 e. The summed E-state index contributed by atoms with van der Waals surface area (Å²) < 4.78 is 19.3. The highest BCUT2D eigenvalue weighted by Crippen LogP contribution is 2.48. The second-order valence-electron chi connectivity index (χ2n) is 17.8. The molecule has 0 fully saturated rings. The van der Waals surface area contributed by atoms with Gasteiger partial charge in [0.25, 0.3) is 0 Å². The zero-order valence-electron chi connectivity index (χ0n) is 38.1. The summed E-state index contributed by atoms with van der Waals surface area (Å²) in [6.45, 7) is 0. The molecule has 2 heterocycles. The molecule has 3 nitrogen and oxygen atoms in total. The second-order valence-corrected chi connectivity index (χ2v) is 17.8. The number of aromatic nitrogens is 2. The van der Waals surface area contributed by atoms with E-state index in [2.05, 4.69) is 257 Å². The predicted octanol–water partition coefficient (Wildman–Crippen LogP) is 18.2. The molecular formula is C66H44FN3. The number of fused-ring (bicyclic) bond motifs is 6. The van der Waals surface area contributed by atoms with Gasteiger partial charge in [-0.2, -0.15) is 0 Å². The van der Waals surface area contributed by atoms with Gasteiger partial charge in [0, 0.05) is 55.5 Å². The first-order valence-corrected chi connectivity index (χ1v) is 23.8. The first-order chi connectivity index (χ1) is 34.7. The molecule has 11 aromatic carbocycles. The van der Waals surface area contributed by atoms with Crippen LogP contribution in [0.3, 0.4) is 0 Å². The smallest absolute Gasteiger partial charge is 0.123 e. The molecule has 0 aliphatic heterocycles. The lowest BCUT2D eigenvalue weighted by atomic mass is 9.92. The van der Waals surface area contributed by atoms with Gasteiger partial charge >= 0.3 is 0 Å². The first-order valence-electron chi connectivity index (χ1n) is 23.8. The van der Waals surface area contributed by atoms with Crippen LogP contribution >= 0.6 is 0 Å². The van der Waals surface area contributed by atoms with Gasteiger partial charge in [-0.25, -0.2) is 4.39 Å². The monoisotopic (exact) mass is 897 g/mol. The Morgan fingerprint density at radius 3 is 1.44 bits per heavy atom. The lowest BCUT2D eigenvalue weighted by Gasteiger charge is -2.26. The molecule has 0 aliphatic rings. The summed E-state index contributed by atoms with van der Waals surface area (Å²) in [5, 5.41) is 5.77. The molecule has 0 saturated carbocycles. The summed E-state index contributed by atoms with van der Waals surface area (Å²) in [6, 6.07) is 93.9. The van der Waals surface area contributed by atoms with Crippen molar-refractivity contribution in [2.24, 2.45) is 0 Å². The Labute approximate surface area is 405 Å². The number of rotatable bonds is 9. The molecule has 0 N–H and O–H groups in total. The van der Waals surface area contributed by atoms with Gasteiger partial charge in [-0.1, -0.05) is 176 Å². The van der Waals surface area contributed by atoms with Crippen molar-refractivity contribution in [2.75, 3.05) is 4.90 Å². The van der Waals surface area contributed by atoms with Gasteiger partial charge in [-0.15, -0.1) is 0 Å². The third-order valence-corrected chi connectivity index (χ3v) is 13.8. The Kier molecular flexibility index (Phi) is 10.0. The highest BCUT2D eigenvalue weighted by atomic mass is 19.1. The first kappa shape index (κ1) is 41.0. The van der Waals surface area contributed by atoms with Crippen LogP contribution in [-0.2, 0) is 0 Å². The van der Waals surface area contributed by atoms with Crippen molar-refractivity contribution in [2.45, 2.75) is 0 Å². The van der Waals surface area contributed by atoms with Crippen LogP contribution in [0, 0.1) is 5.82 Å². The third-order valence-electron chi connectivity index (χ3n) is 13.8. The number of benzene rings is 11. The topological polar surface area (TPSA) is 13.1 Å². The van der Waals surface area contributed by atoms with Crippen LogP contribution in [0.4, 0.5) is 21.5 Å². The van der Waals surface area contributed by atoms with Crippen molar-refractivity contribution in [3.8, 4) is 56.0 Å². The van der Waals surface area contributed by atoms with Gasteiger partial charge in [0.15, 0.2) is 0 Å². The van der Waals surface area contributed by atoms with E-state index in [1.807, 2.05) is 12.1 Å². The van der Waals surface area contributed by atoms with Gasteiger partial charge < -0.3 is 14.0 Å². The lowest BCUT2D eigenvalue weighted by molar-refractivity contribution is 0.627. The summed E-state index contributed by atoms with van der Waals surface area (Å²) in [7, 11) is 0. The molecular weight excluding hydrogens is 854 g/mol. The summed E-state index contributed by atoms with van der Waals surface area (Å²) in [5.41, 5.74) is 17.6. The van der Waals surface area contributed by atoms with Crippen molar-refractivity contribution in [1.29, 1.82) is 0 Å². The van der Waals surface area contributed by atoms with Crippen molar-refractivity contribution in [1.82, 2.24) is 9.13 Å². The third kappa shape index (κ3) is 6.96. The van der Waals surface area contributed by atoms with E-state index in [0.717, 1.165) is 89.1 Å². The minimum Gasteiger partial charge on any atom is -0.310 e. The molecule has 13 aromatic rings. The average molecular weight is 898 g/mol. The normalized spacial score (nSPS) is 11.5. The highest BCUT2D eigenvalue weighted by molar-refractivity contribution is 6.20. The number of para-hydroxylation sites is 2. The van der Waals surface area contributed by atoms with Crippen LogP contribution in [0.2, 0.25) is 0 Å². The molecule has 0 spiro atoms. The molecule has 0 unspecified atom stereocenters. The van der Waals surface area contributed by atoms with Crippen molar-refractivity contribution >= 4 is 60.5 Å². The van der Waals surface area contributed by atoms with E-state index >= 15 is 0 Å². The maximum atomic E-state index is 14.6. The molecule has 13 rings (SSSR count). The summed E-state index contributed by atoms with van der Waals surface area (Å²) >= 11 is 0. The zero-order valence-corrected chi connectivity index (χ0v) is 38.1. The molecule has 70 heavy (non-hydrogen) atoms. The number of halogens is 1. The number of hydrogen-bond donors (Lipinski definition) is 0. The molecule has 0 aliphatic carbocycles. The van der Waals surface area contributed by atoms with Gasteiger partial charge in [-0.05, 0) is 130 Å². The Morgan fingerprint density at radius 2 is 0.786 bits per heavy atom. The summed E-state index contributed by atoms with van der Waals surface area (Å²) in [5.74, 6) is -0.265. The largest absolute Gasteiger partial charge is 0.310 e. The molecule has 0 atom stereocenters. The van der Waals surface area contributed by atoms with Crippen LogP contribution in [-0.4, -0.2) is 9.13 Å². The van der Waals surface area contributed by atoms with E-state index in [-0.39, 0.29) is 5.82 Å². The Balaban J connectivity index is 1.01. The van der Waals surface area contributed by atoms with E-state index in [9.17, 15) is 4.39 Å². The zero-order chi connectivity index (χ0) is 46.5. The summed E-state index contributed by atoms with van der Waals surface area (Å²) in [6.07, 6.45) is 0. The van der Waals surface area contributed by atoms with Crippen LogP contribution in [0.1, 0.15) is 0 Å². The molecule has 0 bridgehead atoms. The van der Waals surface area contributed by atoms with Gasteiger partial charge in [-0.3, -0.25) is 0 Å². The second kappa shape index (κ2) is 17.1. The van der Waals surface area contributed by atoms with Gasteiger partial charge in [0.2, 0.25) is 0 Å². The van der Waals surface area contributed by atoms with Crippen LogP contribution in [0.5, 0.6) is 0 Å². The number of anilines is 3. The fourth-order valence-corrected chi connectivity index (χ4v) is 10.6. The fourth-order valence-electron chi connectivity index (χ4n) is 10.6. The molecule has 2 aromatic heterocycles. The SMILES string of the molecule is Fc1ccc(-n2c(-c3ccccc3)c(-c3ccccc3)c3cc(-c4ccc(N(c5ccc(-c6ccccc6)cc5)c5ccc6c(c5)c5ccccc5n6-c5ccccc5)cc4)c4ccccc4c32)cc1. The highest BCUT2D eigenvalue weighted by Gasteiger charge is 2.25.